The number of carbonyl (C=O) groups excluding carboxylic acids is 1. The molecule has 3 rings (SSSR count). The predicted octanol–water partition coefficient (Wildman–Crippen LogP) is 5.42. The highest BCUT2D eigenvalue weighted by molar-refractivity contribution is 7.92. The van der Waals surface area contributed by atoms with E-state index < -0.39 is 32.7 Å². The van der Waals surface area contributed by atoms with Gasteiger partial charge in [-0.2, -0.15) is 13.2 Å². The van der Waals surface area contributed by atoms with Crippen LogP contribution in [0.1, 0.15) is 27.0 Å². The van der Waals surface area contributed by atoms with Gasteiger partial charge in [0.25, 0.3) is 15.9 Å². The zero-order chi connectivity index (χ0) is 23.7. The molecular weight excluding hydrogens is 467 g/mol. The molecular formula is C21H17ClF3N3O3S. The minimum atomic E-state index is -4.63. The van der Waals surface area contributed by atoms with Crippen LogP contribution in [0.15, 0.2) is 59.6 Å². The van der Waals surface area contributed by atoms with Gasteiger partial charge in [-0.05, 0) is 49.7 Å². The highest BCUT2D eigenvalue weighted by atomic mass is 35.5. The molecule has 1 heterocycles. The Bertz CT molecular complexity index is 1290. The number of alkyl halides is 3. The van der Waals surface area contributed by atoms with Gasteiger partial charge in [0.1, 0.15) is 0 Å². The summed E-state index contributed by atoms with van der Waals surface area (Å²) in [5.74, 6) is -1.07. The number of aryl methyl sites for hydroxylation is 2. The molecule has 0 spiro atoms. The third-order valence-corrected chi connectivity index (χ3v) is 6.08. The maximum Gasteiger partial charge on any atom is 0.417 e. The van der Waals surface area contributed by atoms with E-state index in [1.54, 1.807) is 19.1 Å². The lowest BCUT2D eigenvalue weighted by molar-refractivity contribution is -0.137. The molecule has 168 valence electrons. The zero-order valence-corrected chi connectivity index (χ0v) is 18.4. The molecule has 0 radical (unpaired) electrons. The van der Waals surface area contributed by atoms with E-state index in [9.17, 15) is 26.4 Å². The van der Waals surface area contributed by atoms with Crippen molar-refractivity contribution in [2.75, 3.05) is 10.0 Å². The number of sulfonamides is 1. The molecule has 0 aliphatic carbocycles. The van der Waals surface area contributed by atoms with Gasteiger partial charge in [0.2, 0.25) is 0 Å². The third kappa shape index (κ3) is 5.38. The first-order valence-electron chi connectivity index (χ1n) is 9.11. The van der Waals surface area contributed by atoms with Gasteiger partial charge < -0.3 is 5.32 Å². The number of benzene rings is 2. The molecule has 0 unspecified atom stereocenters. The predicted molar refractivity (Wildman–Crippen MR) is 115 cm³/mol. The lowest BCUT2D eigenvalue weighted by atomic mass is 10.1. The third-order valence-electron chi connectivity index (χ3n) is 4.43. The number of nitrogens with one attached hydrogen (secondary N) is 2. The maximum absolute atomic E-state index is 12.8. The number of nitrogens with zero attached hydrogens (tertiary/aromatic N) is 1. The van der Waals surface area contributed by atoms with Crippen LogP contribution >= 0.6 is 11.6 Å². The quantitative estimate of drug-likeness (QED) is 0.507. The Morgan fingerprint density at radius 3 is 2.41 bits per heavy atom. The summed E-state index contributed by atoms with van der Waals surface area (Å²) >= 11 is 5.80. The molecule has 0 saturated carbocycles. The van der Waals surface area contributed by atoms with Crippen molar-refractivity contribution >= 4 is 39.0 Å². The SMILES string of the molecule is Cc1ccc(NS(=O)(=O)c2cccc(C(=O)Nc3ncc(C(F)(F)F)cc3Cl)c2)c(C)c1. The largest absolute Gasteiger partial charge is 0.417 e. The smallest absolute Gasteiger partial charge is 0.305 e. The van der Waals surface area contributed by atoms with Crippen LogP contribution in [0, 0.1) is 13.8 Å². The van der Waals surface area contributed by atoms with Gasteiger partial charge in [-0.1, -0.05) is 35.4 Å². The molecule has 1 amide bonds. The summed E-state index contributed by atoms with van der Waals surface area (Å²) in [4.78, 5) is 15.9. The minimum absolute atomic E-state index is 0.0498. The van der Waals surface area contributed by atoms with Crippen LogP contribution in [0.2, 0.25) is 5.02 Å². The van der Waals surface area contributed by atoms with Gasteiger partial charge in [0.15, 0.2) is 5.82 Å². The molecule has 0 saturated heterocycles. The standard InChI is InChI=1S/C21H17ClF3N3O3S/c1-12-6-7-18(13(2)8-12)28-32(30,31)16-5-3-4-14(9-16)20(29)27-19-17(22)10-15(11-26-19)21(23,24)25/h3-11,28H,1-2H3,(H,26,27,29). The summed E-state index contributed by atoms with van der Waals surface area (Å²) in [5.41, 5.74) is 0.980. The number of aromatic nitrogens is 1. The van der Waals surface area contributed by atoms with E-state index in [2.05, 4.69) is 15.0 Å². The molecule has 11 heteroatoms. The van der Waals surface area contributed by atoms with E-state index in [4.69, 9.17) is 11.6 Å². The van der Waals surface area contributed by atoms with Crippen molar-refractivity contribution in [2.45, 2.75) is 24.9 Å². The van der Waals surface area contributed by atoms with Crippen molar-refractivity contribution in [3.05, 3.63) is 82.0 Å². The van der Waals surface area contributed by atoms with Crippen LogP contribution in [-0.2, 0) is 16.2 Å². The normalized spacial score (nSPS) is 11.8. The topological polar surface area (TPSA) is 88.2 Å². The Labute approximate surface area is 187 Å². The van der Waals surface area contributed by atoms with Crippen LogP contribution in [0.3, 0.4) is 0 Å². The summed E-state index contributed by atoms with van der Waals surface area (Å²) in [6.07, 6.45) is -4.10. The fraction of sp³-hybridized carbons (Fsp3) is 0.143. The van der Waals surface area contributed by atoms with E-state index in [-0.39, 0.29) is 16.3 Å². The summed E-state index contributed by atoms with van der Waals surface area (Å²) in [6, 6.07) is 11.0. The van der Waals surface area contributed by atoms with Gasteiger partial charge in [0.05, 0.1) is 21.2 Å². The van der Waals surface area contributed by atoms with Crippen LogP contribution in [0.4, 0.5) is 24.7 Å². The molecule has 0 aliphatic heterocycles. The Morgan fingerprint density at radius 2 is 1.78 bits per heavy atom. The molecule has 0 atom stereocenters. The van der Waals surface area contributed by atoms with Gasteiger partial charge in [-0.3, -0.25) is 9.52 Å². The van der Waals surface area contributed by atoms with Crippen molar-refractivity contribution in [2.24, 2.45) is 0 Å². The Hall–Kier alpha value is -3.11. The lowest BCUT2D eigenvalue weighted by Gasteiger charge is -2.12. The molecule has 0 aliphatic rings. The molecule has 0 bridgehead atoms. The number of anilines is 2. The van der Waals surface area contributed by atoms with E-state index in [1.807, 2.05) is 13.0 Å². The Morgan fingerprint density at radius 1 is 1.06 bits per heavy atom. The number of hydrogen-bond donors (Lipinski definition) is 2. The number of hydrogen-bond acceptors (Lipinski definition) is 4. The highest BCUT2D eigenvalue weighted by Crippen LogP contribution is 2.32. The fourth-order valence-corrected chi connectivity index (χ4v) is 4.19. The molecule has 6 nitrogen and oxygen atoms in total. The first-order valence-corrected chi connectivity index (χ1v) is 11.0. The molecule has 1 aromatic heterocycles. The Balaban J connectivity index is 1.83. The second kappa shape index (κ2) is 8.79. The second-order valence-corrected chi connectivity index (χ2v) is 9.05. The molecule has 0 fully saturated rings. The van der Waals surface area contributed by atoms with Crippen molar-refractivity contribution in [1.29, 1.82) is 0 Å². The van der Waals surface area contributed by atoms with Crippen LogP contribution in [0.25, 0.3) is 0 Å². The molecule has 32 heavy (non-hydrogen) atoms. The molecule has 2 N–H and O–H groups in total. The van der Waals surface area contributed by atoms with Crippen molar-refractivity contribution < 1.29 is 26.4 Å². The molecule has 2 aromatic carbocycles. The van der Waals surface area contributed by atoms with E-state index in [0.717, 1.165) is 17.2 Å². The van der Waals surface area contributed by atoms with E-state index in [0.29, 0.717) is 18.0 Å². The highest BCUT2D eigenvalue weighted by Gasteiger charge is 2.31. The van der Waals surface area contributed by atoms with Crippen molar-refractivity contribution in [3.8, 4) is 0 Å². The first kappa shape index (κ1) is 23.6. The monoisotopic (exact) mass is 483 g/mol. The first-order chi connectivity index (χ1) is 14.9. The second-order valence-electron chi connectivity index (χ2n) is 6.96. The van der Waals surface area contributed by atoms with Crippen LogP contribution < -0.4 is 10.0 Å². The van der Waals surface area contributed by atoms with Gasteiger partial charge in [0, 0.05) is 11.8 Å². The average Bonchev–Trinajstić information content (AvgIpc) is 2.71. The summed E-state index contributed by atoms with van der Waals surface area (Å²) < 4.78 is 66.2. The Kier molecular flexibility index (Phi) is 6.47. The fourth-order valence-electron chi connectivity index (χ4n) is 2.80. The van der Waals surface area contributed by atoms with E-state index in [1.165, 1.54) is 18.2 Å². The lowest BCUT2D eigenvalue weighted by Crippen LogP contribution is -2.17. The maximum atomic E-state index is 12.8. The van der Waals surface area contributed by atoms with Crippen molar-refractivity contribution in [3.63, 3.8) is 0 Å². The number of amides is 1. The van der Waals surface area contributed by atoms with Crippen LogP contribution in [0.5, 0.6) is 0 Å². The molecule has 3 aromatic rings. The summed E-state index contributed by atoms with van der Waals surface area (Å²) in [6.45, 7) is 3.64. The zero-order valence-electron chi connectivity index (χ0n) is 16.8. The number of halogens is 4. The van der Waals surface area contributed by atoms with Crippen LogP contribution in [-0.4, -0.2) is 19.3 Å². The minimum Gasteiger partial charge on any atom is -0.305 e. The number of carbonyl (C=O) groups is 1. The van der Waals surface area contributed by atoms with Crippen molar-refractivity contribution in [1.82, 2.24) is 4.98 Å². The van der Waals surface area contributed by atoms with Gasteiger partial charge in [-0.15, -0.1) is 0 Å². The van der Waals surface area contributed by atoms with Gasteiger partial charge >= 0.3 is 6.18 Å². The van der Waals surface area contributed by atoms with E-state index >= 15 is 0 Å². The van der Waals surface area contributed by atoms with Gasteiger partial charge in [-0.25, -0.2) is 13.4 Å². The summed E-state index contributed by atoms with van der Waals surface area (Å²) in [5, 5.41) is 1.88. The number of pyridine rings is 1. The number of rotatable bonds is 5. The summed E-state index contributed by atoms with van der Waals surface area (Å²) in [7, 11) is -4.00. The average molecular weight is 484 g/mol.